The van der Waals surface area contributed by atoms with Crippen LogP contribution in [0.15, 0.2) is 18.3 Å². The molecule has 1 rings (SSSR count). The van der Waals surface area contributed by atoms with Crippen LogP contribution in [0, 0.1) is 11.8 Å². The summed E-state index contributed by atoms with van der Waals surface area (Å²) in [4.78, 5) is 16.2. The van der Waals surface area contributed by atoms with E-state index in [4.69, 9.17) is 5.11 Å². The highest BCUT2D eigenvalue weighted by molar-refractivity contribution is 7.99. The third-order valence-corrected chi connectivity index (χ3v) is 3.76. The molecule has 0 fully saturated rings. The molecule has 1 atom stereocenters. The van der Waals surface area contributed by atoms with Crippen LogP contribution in [-0.4, -0.2) is 40.7 Å². The Bertz CT molecular complexity index is 494. The van der Waals surface area contributed by atoms with Gasteiger partial charge < -0.3 is 10.4 Å². The van der Waals surface area contributed by atoms with Gasteiger partial charge in [0.25, 0.3) is 5.91 Å². The van der Waals surface area contributed by atoms with Gasteiger partial charge in [-0.25, -0.2) is 4.98 Å². The number of thioether (sulfide) groups is 1. The lowest BCUT2D eigenvalue weighted by Crippen LogP contribution is -2.27. The van der Waals surface area contributed by atoms with E-state index in [1.54, 1.807) is 30.1 Å². The number of carbonyl (C=O) groups excluding carboxylic acids is 1. The molecule has 0 radical (unpaired) electrons. The fraction of sp³-hybridized carbons (Fsp3) is 0.467. The summed E-state index contributed by atoms with van der Waals surface area (Å²) >= 11 is 1.78. The fourth-order valence-electron chi connectivity index (χ4n) is 1.49. The van der Waals surface area contributed by atoms with Gasteiger partial charge in [0.05, 0.1) is 12.2 Å². The van der Waals surface area contributed by atoms with Crippen LogP contribution in [0.2, 0.25) is 0 Å². The van der Waals surface area contributed by atoms with Gasteiger partial charge in [-0.1, -0.05) is 18.8 Å². The van der Waals surface area contributed by atoms with Gasteiger partial charge in [0, 0.05) is 24.4 Å². The van der Waals surface area contributed by atoms with Gasteiger partial charge in [0.2, 0.25) is 0 Å². The van der Waals surface area contributed by atoms with Crippen molar-refractivity contribution >= 4 is 17.7 Å². The molecule has 0 saturated heterocycles. The maximum Gasteiger partial charge on any atom is 0.271 e. The summed E-state index contributed by atoms with van der Waals surface area (Å²) in [6, 6.07) is 3.51. The molecule has 1 unspecified atom stereocenters. The molecule has 1 amide bonds. The molecule has 0 aliphatic carbocycles. The van der Waals surface area contributed by atoms with Crippen molar-refractivity contribution in [3.05, 3.63) is 29.6 Å². The predicted octanol–water partition coefficient (Wildman–Crippen LogP) is 1.69. The van der Waals surface area contributed by atoms with Crippen LogP contribution < -0.4 is 5.32 Å². The Morgan fingerprint density at radius 2 is 2.40 bits per heavy atom. The molecule has 1 aromatic heterocycles. The fourth-order valence-corrected chi connectivity index (χ4v) is 1.84. The third kappa shape index (κ3) is 5.64. The second kappa shape index (κ2) is 9.40. The Hall–Kier alpha value is -1.51. The third-order valence-electron chi connectivity index (χ3n) is 2.72. The number of nitrogens with one attached hydrogen (secondary N) is 1. The second-order valence-corrected chi connectivity index (χ2v) is 5.54. The van der Waals surface area contributed by atoms with Gasteiger partial charge in [0.15, 0.2) is 0 Å². The summed E-state index contributed by atoms with van der Waals surface area (Å²) in [6.45, 7) is 2.77. The standard InChI is InChI=1S/C15H20N2O2S/c1-12(20-2)8-10-17-15(19)14-13(6-3-4-11-18)7-5-9-16-14/h5,7,9,12,18H,4,8,10-11H2,1-2H3,(H,17,19). The number of pyridine rings is 1. The topological polar surface area (TPSA) is 62.2 Å². The Balaban J connectivity index is 2.66. The van der Waals surface area contributed by atoms with Crippen LogP contribution in [-0.2, 0) is 0 Å². The van der Waals surface area contributed by atoms with Crippen LogP contribution in [0.1, 0.15) is 35.8 Å². The summed E-state index contributed by atoms with van der Waals surface area (Å²) in [5.41, 5.74) is 0.936. The normalized spacial score (nSPS) is 11.3. The van der Waals surface area contributed by atoms with Crippen molar-refractivity contribution < 1.29 is 9.90 Å². The molecule has 0 aliphatic heterocycles. The molecule has 1 heterocycles. The van der Waals surface area contributed by atoms with Crippen LogP contribution in [0.5, 0.6) is 0 Å². The molecule has 0 bridgehead atoms. The Labute approximate surface area is 124 Å². The van der Waals surface area contributed by atoms with E-state index >= 15 is 0 Å². The van der Waals surface area contributed by atoms with Crippen molar-refractivity contribution in [3.8, 4) is 11.8 Å². The van der Waals surface area contributed by atoms with E-state index in [2.05, 4.69) is 35.3 Å². The van der Waals surface area contributed by atoms with Crippen LogP contribution in [0.3, 0.4) is 0 Å². The predicted molar refractivity (Wildman–Crippen MR) is 82.7 cm³/mol. The zero-order valence-electron chi connectivity index (χ0n) is 11.8. The highest BCUT2D eigenvalue weighted by Gasteiger charge is 2.11. The van der Waals surface area contributed by atoms with Crippen LogP contribution >= 0.6 is 11.8 Å². The molecule has 108 valence electrons. The zero-order valence-corrected chi connectivity index (χ0v) is 12.7. The highest BCUT2D eigenvalue weighted by atomic mass is 32.2. The van der Waals surface area contributed by atoms with Crippen molar-refractivity contribution in [2.24, 2.45) is 0 Å². The average molecular weight is 292 g/mol. The monoisotopic (exact) mass is 292 g/mol. The maximum absolute atomic E-state index is 12.1. The lowest BCUT2D eigenvalue weighted by Gasteiger charge is -2.09. The molecule has 0 aliphatic rings. The minimum Gasteiger partial charge on any atom is -0.395 e. The number of aliphatic hydroxyl groups is 1. The van der Waals surface area contributed by atoms with Crippen molar-refractivity contribution in [3.63, 3.8) is 0 Å². The van der Waals surface area contributed by atoms with E-state index in [1.807, 2.05) is 0 Å². The van der Waals surface area contributed by atoms with E-state index in [0.29, 0.717) is 29.5 Å². The van der Waals surface area contributed by atoms with Crippen molar-refractivity contribution in [1.29, 1.82) is 0 Å². The SMILES string of the molecule is CSC(C)CCNC(=O)c1ncccc1C#CCCO. The first-order chi connectivity index (χ1) is 9.69. The smallest absolute Gasteiger partial charge is 0.271 e. The molecule has 5 heteroatoms. The Kier molecular flexibility index (Phi) is 7.78. The number of carbonyl (C=O) groups is 1. The summed E-state index contributed by atoms with van der Waals surface area (Å²) < 4.78 is 0. The lowest BCUT2D eigenvalue weighted by molar-refractivity contribution is 0.0948. The van der Waals surface area contributed by atoms with Gasteiger partial charge in [-0.05, 0) is 24.8 Å². The summed E-state index contributed by atoms with van der Waals surface area (Å²) in [6.07, 6.45) is 4.95. The number of amides is 1. The van der Waals surface area contributed by atoms with E-state index in [9.17, 15) is 4.79 Å². The maximum atomic E-state index is 12.1. The quantitative estimate of drug-likeness (QED) is 0.783. The molecule has 4 nitrogen and oxygen atoms in total. The van der Waals surface area contributed by atoms with Crippen molar-refractivity contribution in [2.45, 2.75) is 25.0 Å². The first kappa shape index (κ1) is 16.5. The number of rotatable bonds is 6. The number of hydrogen-bond acceptors (Lipinski definition) is 4. The molecular formula is C15H20N2O2S. The average Bonchev–Trinajstić information content (AvgIpc) is 2.47. The minimum atomic E-state index is -0.202. The number of hydrogen-bond donors (Lipinski definition) is 2. The van der Waals surface area contributed by atoms with Gasteiger partial charge in [-0.3, -0.25) is 4.79 Å². The molecule has 0 spiro atoms. The van der Waals surface area contributed by atoms with Gasteiger partial charge in [-0.2, -0.15) is 11.8 Å². The summed E-state index contributed by atoms with van der Waals surface area (Å²) in [5.74, 6) is 5.47. The first-order valence-corrected chi connectivity index (χ1v) is 7.83. The number of aromatic nitrogens is 1. The summed E-state index contributed by atoms with van der Waals surface area (Å²) in [7, 11) is 0. The Morgan fingerprint density at radius 3 is 3.10 bits per heavy atom. The summed E-state index contributed by atoms with van der Waals surface area (Å²) in [5, 5.41) is 12.1. The van der Waals surface area contributed by atoms with Gasteiger partial charge in [0.1, 0.15) is 5.69 Å². The van der Waals surface area contributed by atoms with Crippen LogP contribution in [0.4, 0.5) is 0 Å². The van der Waals surface area contributed by atoms with Crippen molar-refractivity contribution in [2.75, 3.05) is 19.4 Å². The highest BCUT2D eigenvalue weighted by Crippen LogP contribution is 2.08. The van der Waals surface area contributed by atoms with Gasteiger partial charge >= 0.3 is 0 Å². The minimum absolute atomic E-state index is 0.0152. The van der Waals surface area contributed by atoms with Gasteiger partial charge in [-0.15, -0.1) is 0 Å². The second-order valence-electron chi connectivity index (χ2n) is 4.27. The molecule has 1 aromatic rings. The van der Waals surface area contributed by atoms with E-state index in [1.165, 1.54) is 0 Å². The molecule has 0 aromatic carbocycles. The molecule has 2 N–H and O–H groups in total. The first-order valence-electron chi connectivity index (χ1n) is 6.54. The van der Waals surface area contributed by atoms with Crippen LogP contribution in [0.25, 0.3) is 0 Å². The number of nitrogens with zero attached hydrogens (tertiary/aromatic N) is 1. The van der Waals surface area contributed by atoms with E-state index in [0.717, 1.165) is 6.42 Å². The van der Waals surface area contributed by atoms with E-state index < -0.39 is 0 Å². The largest absolute Gasteiger partial charge is 0.395 e. The number of aliphatic hydroxyl groups excluding tert-OH is 1. The van der Waals surface area contributed by atoms with Crippen molar-refractivity contribution in [1.82, 2.24) is 10.3 Å². The molecule has 20 heavy (non-hydrogen) atoms. The zero-order chi connectivity index (χ0) is 14.8. The Morgan fingerprint density at radius 1 is 1.60 bits per heavy atom. The van der Waals surface area contributed by atoms with E-state index in [-0.39, 0.29) is 12.5 Å². The lowest BCUT2D eigenvalue weighted by atomic mass is 10.2. The molecule has 0 saturated carbocycles. The molecular weight excluding hydrogens is 272 g/mol.